The third-order valence-corrected chi connectivity index (χ3v) is 6.79. The number of sulfonamides is 1. The second-order valence-electron chi connectivity index (χ2n) is 6.53. The first-order chi connectivity index (χ1) is 11.9. The molecule has 0 spiro atoms. The van der Waals surface area contributed by atoms with E-state index in [1.165, 1.54) is 4.31 Å². The fourth-order valence-electron chi connectivity index (χ4n) is 3.20. The number of nitrogens with zero attached hydrogens (tertiary/aromatic N) is 1. The first kappa shape index (κ1) is 19.9. The number of benzene rings is 1. The maximum absolute atomic E-state index is 12.5. The first-order valence-corrected chi connectivity index (χ1v) is 10.4. The highest BCUT2D eigenvalue weighted by molar-refractivity contribution is 7.89. The third-order valence-electron chi connectivity index (χ3n) is 4.73. The Kier molecular flexibility index (Phi) is 6.98. The molecular weight excluding hydrogens is 338 g/mol. The number of carbonyl (C=O) groups is 1. The van der Waals surface area contributed by atoms with Crippen molar-refractivity contribution in [3.63, 3.8) is 0 Å². The van der Waals surface area contributed by atoms with E-state index in [1.807, 2.05) is 13.8 Å². The summed E-state index contributed by atoms with van der Waals surface area (Å²) in [5.41, 5.74) is 0.897. The van der Waals surface area contributed by atoms with Crippen LogP contribution in [0.5, 0.6) is 0 Å². The van der Waals surface area contributed by atoms with Crippen molar-refractivity contribution in [3.05, 3.63) is 29.8 Å². The maximum atomic E-state index is 12.5. The quantitative estimate of drug-likeness (QED) is 0.769. The van der Waals surface area contributed by atoms with E-state index in [0.29, 0.717) is 30.6 Å². The van der Waals surface area contributed by atoms with Gasteiger partial charge in [-0.1, -0.05) is 26.0 Å². The smallest absolute Gasteiger partial charge is 0.243 e. The predicted molar refractivity (Wildman–Crippen MR) is 98.6 cm³/mol. The summed E-state index contributed by atoms with van der Waals surface area (Å²) in [5, 5.41) is 6.30. The van der Waals surface area contributed by atoms with Crippen LogP contribution in [-0.4, -0.2) is 44.3 Å². The molecule has 0 unspecified atom stereocenters. The zero-order valence-corrected chi connectivity index (χ0v) is 16.1. The van der Waals surface area contributed by atoms with Gasteiger partial charge >= 0.3 is 0 Å². The monoisotopic (exact) mass is 367 g/mol. The van der Waals surface area contributed by atoms with Crippen LogP contribution in [-0.2, 0) is 21.4 Å². The lowest BCUT2D eigenvalue weighted by molar-refractivity contribution is -0.126. The van der Waals surface area contributed by atoms with Gasteiger partial charge in [0.1, 0.15) is 0 Å². The van der Waals surface area contributed by atoms with Gasteiger partial charge in [-0.05, 0) is 44.0 Å². The Bertz CT molecular complexity index is 669. The minimum absolute atomic E-state index is 0.0542. The molecule has 1 amide bonds. The van der Waals surface area contributed by atoms with Crippen LogP contribution in [0.2, 0.25) is 0 Å². The standard InChI is InChI=1S/C18H29N3O3S/c1-4-21(5-2)25(23,24)17-8-6-15(7-9-17)13-20-18(22)16-10-11-19-14(3)12-16/h6-9,14,16,19H,4-5,10-13H2,1-3H3,(H,20,22)/t14-,16-/m0/s1. The molecule has 140 valence electrons. The molecule has 1 aliphatic rings. The van der Waals surface area contributed by atoms with Gasteiger partial charge in [-0.3, -0.25) is 4.79 Å². The molecule has 0 bridgehead atoms. The summed E-state index contributed by atoms with van der Waals surface area (Å²) in [6, 6.07) is 7.13. The third kappa shape index (κ3) is 5.03. The number of piperidine rings is 1. The van der Waals surface area contributed by atoms with E-state index in [1.54, 1.807) is 24.3 Å². The van der Waals surface area contributed by atoms with Gasteiger partial charge in [0.15, 0.2) is 0 Å². The SMILES string of the molecule is CCN(CC)S(=O)(=O)c1ccc(CNC(=O)[C@H]2CCN[C@@H](C)C2)cc1. The lowest BCUT2D eigenvalue weighted by Gasteiger charge is -2.27. The number of nitrogens with one attached hydrogen (secondary N) is 2. The highest BCUT2D eigenvalue weighted by Crippen LogP contribution is 2.18. The van der Waals surface area contributed by atoms with E-state index in [0.717, 1.165) is 24.9 Å². The van der Waals surface area contributed by atoms with E-state index in [4.69, 9.17) is 0 Å². The summed E-state index contributed by atoms with van der Waals surface area (Å²) >= 11 is 0. The molecule has 2 atom stereocenters. The van der Waals surface area contributed by atoms with E-state index in [9.17, 15) is 13.2 Å². The zero-order chi connectivity index (χ0) is 18.4. The second kappa shape index (κ2) is 8.78. The van der Waals surface area contributed by atoms with Crippen LogP contribution in [0.3, 0.4) is 0 Å². The summed E-state index contributed by atoms with van der Waals surface area (Å²) in [5.74, 6) is 0.131. The number of hydrogen-bond donors (Lipinski definition) is 2. The van der Waals surface area contributed by atoms with Crippen molar-refractivity contribution in [1.82, 2.24) is 14.9 Å². The average Bonchev–Trinajstić information content (AvgIpc) is 2.61. The molecule has 2 N–H and O–H groups in total. The summed E-state index contributed by atoms with van der Waals surface area (Å²) in [7, 11) is -3.43. The highest BCUT2D eigenvalue weighted by atomic mass is 32.2. The molecule has 1 heterocycles. The van der Waals surface area contributed by atoms with Gasteiger partial charge in [0.2, 0.25) is 15.9 Å². The molecule has 0 aromatic heterocycles. The van der Waals surface area contributed by atoms with E-state index in [-0.39, 0.29) is 11.8 Å². The Morgan fingerprint density at radius 1 is 1.24 bits per heavy atom. The summed E-state index contributed by atoms with van der Waals surface area (Å²) in [4.78, 5) is 12.6. The molecule has 1 aromatic rings. The summed E-state index contributed by atoms with van der Waals surface area (Å²) < 4.78 is 26.4. The molecule has 1 aromatic carbocycles. The Morgan fingerprint density at radius 3 is 2.44 bits per heavy atom. The van der Waals surface area contributed by atoms with Gasteiger partial charge in [-0.15, -0.1) is 0 Å². The Labute approximate surface area is 151 Å². The van der Waals surface area contributed by atoms with Crippen molar-refractivity contribution in [1.29, 1.82) is 0 Å². The topological polar surface area (TPSA) is 78.5 Å². The Morgan fingerprint density at radius 2 is 1.88 bits per heavy atom. The molecule has 6 nitrogen and oxygen atoms in total. The van der Waals surface area contributed by atoms with Gasteiger partial charge in [0.25, 0.3) is 0 Å². The lowest BCUT2D eigenvalue weighted by Crippen LogP contribution is -2.42. The molecule has 25 heavy (non-hydrogen) atoms. The molecule has 7 heteroatoms. The van der Waals surface area contributed by atoms with Crippen molar-refractivity contribution in [2.45, 2.75) is 51.1 Å². The molecule has 1 saturated heterocycles. The minimum atomic E-state index is -3.43. The van der Waals surface area contributed by atoms with Gasteiger partial charge in [0, 0.05) is 31.6 Å². The number of rotatable bonds is 7. The Hall–Kier alpha value is -1.44. The molecule has 0 aliphatic carbocycles. The molecule has 0 radical (unpaired) electrons. The fourth-order valence-corrected chi connectivity index (χ4v) is 4.65. The largest absolute Gasteiger partial charge is 0.352 e. The summed E-state index contributed by atoms with van der Waals surface area (Å²) in [6.45, 7) is 7.93. The molecule has 1 fully saturated rings. The van der Waals surface area contributed by atoms with Crippen molar-refractivity contribution in [2.24, 2.45) is 5.92 Å². The summed E-state index contributed by atoms with van der Waals surface area (Å²) in [6.07, 6.45) is 1.71. The molecule has 1 aliphatic heterocycles. The molecular formula is C18H29N3O3S. The van der Waals surface area contributed by atoms with Crippen molar-refractivity contribution in [3.8, 4) is 0 Å². The van der Waals surface area contributed by atoms with Crippen LogP contribution in [0.4, 0.5) is 0 Å². The van der Waals surface area contributed by atoms with Crippen LogP contribution in [0, 0.1) is 5.92 Å². The normalized spacial score (nSPS) is 21.3. The van der Waals surface area contributed by atoms with E-state index < -0.39 is 10.0 Å². The van der Waals surface area contributed by atoms with Crippen molar-refractivity contribution in [2.75, 3.05) is 19.6 Å². The highest BCUT2D eigenvalue weighted by Gasteiger charge is 2.24. The van der Waals surface area contributed by atoms with Crippen LogP contribution < -0.4 is 10.6 Å². The molecule has 0 saturated carbocycles. The van der Waals surface area contributed by atoms with Gasteiger partial charge in [-0.25, -0.2) is 8.42 Å². The maximum Gasteiger partial charge on any atom is 0.243 e. The van der Waals surface area contributed by atoms with E-state index in [2.05, 4.69) is 17.6 Å². The van der Waals surface area contributed by atoms with Crippen molar-refractivity contribution >= 4 is 15.9 Å². The average molecular weight is 368 g/mol. The first-order valence-electron chi connectivity index (χ1n) is 8.98. The van der Waals surface area contributed by atoms with Gasteiger partial charge in [-0.2, -0.15) is 4.31 Å². The van der Waals surface area contributed by atoms with Crippen LogP contribution in [0.25, 0.3) is 0 Å². The van der Waals surface area contributed by atoms with Gasteiger partial charge < -0.3 is 10.6 Å². The van der Waals surface area contributed by atoms with Crippen molar-refractivity contribution < 1.29 is 13.2 Å². The predicted octanol–water partition coefficient (Wildman–Crippen LogP) is 1.72. The lowest BCUT2D eigenvalue weighted by atomic mass is 9.92. The number of carbonyl (C=O) groups excluding carboxylic acids is 1. The minimum Gasteiger partial charge on any atom is -0.352 e. The van der Waals surface area contributed by atoms with E-state index >= 15 is 0 Å². The van der Waals surface area contributed by atoms with Crippen LogP contribution in [0.15, 0.2) is 29.2 Å². The fraction of sp³-hybridized carbons (Fsp3) is 0.611. The van der Waals surface area contributed by atoms with Crippen LogP contribution >= 0.6 is 0 Å². The van der Waals surface area contributed by atoms with Crippen LogP contribution in [0.1, 0.15) is 39.2 Å². The second-order valence-corrected chi connectivity index (χ2v) is 8.47. The zero-order valence-electron chi connectivity index (χ0n) is 15.3. The van der Waals surface area contributed by atoms with Gasteiger partial charge in [0.05, 0.1) is 4.90 Å². The Balaban J connectivity index is 1.95. The number of amides is 1. The number of hydrogen-bond acceptors (Lipinski definition) is 4. The molecule has 2 rings (SSSR count).